The van der Waals surface area contributed by atoms with Crippen LogP contribution in [-0.2, 0) is 17.8 Å². The molecule has 0 saturated carbocycles. The van der Waals surface area contributed by atoms with Gasteiger partial charge in [-0.25, -0.2) is 4.68 Å². The summed E-state index contributed by atoms with van der Waals surface area (Å²) in [5.74, 6) is 0.854. The van der Waals surface area contributed by atoms with E-state index in [1.165, 1.54) is 0 Å². The summed E-state index contributed by atoms with van der Waals surface area (Å²) in [4.78, 5) is 18.0. The molecule has 1 atom stereocenters. The Bertz CT molecular complexity index is 1070. The highest BCUT2D eigenvalue weighted by Gasteiger charge is 2.29. The van der Waals surface area contributed by atoms with Gasteiger partial charge in [0.05, 0.1) is 25.8 Å². The summed E-state index contributed by atoms with van der Waals surface area (Å²) in [7, 11) is 1.64. The molecular weight excluding hydrogens is 396 g/mol. The van der Waals surface area contributed by atoms with E-state index < -0.39 is 0 Å². The number of nitrogens with one attached hydrogen (secondary N) is 1. The van der Waals surface area contributed by atoms with Gasteiger partial charge in [0.15, 0.2) is 5.82 Å². The zero-order valence-electron chi connectivity index (χ0n) is 18.9. The third-order valence-corrected chi connectivity index (χ3v) is 5.51. The number of ether oxygens (including phenoxy) is 1. The first-order valence-electron chi connectivity index (χ1n) is 10.6. The molecule has 0 aliphatic heterocycles. The quantitative estimate of drug-likeness (QED) is 0.508. The monoisotopic (exact) mass is 428 g/mol. The lowest BCUT2D eigenvalue weighted by atomic mass is 10.00. The average Bonchev–Trinajstić information content (AvgIpc) is 3.15. The van der Waals surface area contributed by atoms with Gasteiger partial charge in [0.2, 0.25) is 0 Å². The zero-order chi connectivity index (χ0) is 22.5. The van der Waals surface area contributed by atoms with E-state index in [-0.39, 0.29) is 24.1 Å². The molecule has 2 N–H and O–H groups in total. The molecule has 9 nitrogen and oxygen atoms in total. The molecule has 0 spiro atoms. The number of rotatable bonds is 10. The summed E-state index contributed by atoms with van der Waals surface area (Å²) in [5.41, 5.74) is 3.59. The van der Waals surface area contributed by atoms with Crippen molar-refractivity contribution in [1.82, 2.24) is 30.1 Å². The molecule has 168 valence electrons. The number of hydrogen-bond acceptors (Lipinski definition) is 7. The number of aryl methyl sites for hydroxylation is 2. The predicted octanol–water partition coefficient (Wildman–Crippen LogP) is 1.97. The Morgan fingerprint density at radius 1 is 1.26 bits per heavy atom. The van der Waals surface area contributed by atoms with Gasteiger partial charge in [-0.1, -0.05) is 19.9 Å². The number of nitrogens with zero attached hydrogens (tertiary/aromatic N) is 5. The Morgan fingerprint density at radius 3 is 2.71 bits per heavy atom. The number of aromatic nitrogens is 5. The summed E-state index contributed by atoms with van der Waals surface area (Å²) >= 11 is 0. The van der Waals surface area contributed by atoms with Crippen LogP contribution in [0.25, 0.3) is 10.9 Å². The molecule has 1 unspecified atom stereocenters. The first-order chi connectivity index (χ1) is 14.8. The fourth-order valence-electron chi connectivity index (χ4n) is 4.14. The van der Waals surface area contributed by atoms with E-state index in [1.54, 1.807) is 11.8 Å². The largest absolute Gasteiger partial charge is 0.395 e. The number of hydrogen-bond donors (Lipinski definition) is 2. The lowest BCUT2D eigenvalue weighted by molar-refractivity contribution is 0.103. The van der Waals surface area contributed by atoms with Gasteiger partial charge in [0, 0.05) is 36.7 Å². The molecule has 1 aromatic carbocycles. The van der Waals surface area contributed by atoms with Gasteiger partial charge in [0.1, 0.15) is 0 Å². The molecule has 3 rings (SSSR count). The third kappa shape index (κ3) is 5.17. The van der Waals surface area contributed by atoms with Crippen molar-refractivity contribution in [2.45, 2.75) is 46.8 Å². The maximum absolute atomic E-state index is 12.9. The van der Waals surface area contributed by atoms with Crippen molar-refractivity contribution in [2.75, 3.05) is 26.9 Å². The summed E-state index contributed by atoms with van der Waals surface area (Å²) in [5, 5.41) is 23.0. The molecule has 0 fully saturated rings. The van der Waals surface area contributed by atoms with Gasteiger partial charge >= 0.3 is 0 Å². The highest BCUT2D eigenvalue weighted by Crippen LogP contribution is 2.28. The number of fused-ring (bicyclic) bond motifs is 1. The molecule has 0 amide bonds. The second-order valence-corrected chi connectivity index (χ2v) is 8.30. The van der Waals surface area contributed by atoms with E-state index in [4.69, 9.17) is 4.74 Å². The van der Waals surface area contributed by atoms with Crippen molar-refractivity contribution < 1.29 is 9.84 Å². The van der Waals surface area contributed by atoms with E-state index in [9.17, 15) is 9.90 Å². The Balaban J connectivity index is 2.00. The molecule has 0 aliphatic rings. The molecule has 0 aliphatic carbocycles. The smallest absolute Gasteiger partial charge is 0.252 e. The van der Waals surface area contributed by atoms with E-state index in [1.807, 2.05) is 26.0 Å². The minimum Gasteiger partial charge on any atom is -0.395 e. The number of pyridine rings is 1. The molecule has 0 radical (unpaired) electrons. The molecule has 9 heteroatoms. The third-order valence-electron chi connectivity index (χ3n) is 5.51. The summed E-state index contributed by atoms with van der Waals surface area (Å²) < 4.78 is 6.91. The number of aromatic amines is 1. The maximum Gasteiger partial charge on any atom is 0.252 e. The fraction of sp³-hybridized carbons (Fsp3) is 0.545. The number of tetrazole rings is 1. The Hall–Kier alpha value is -2.62. The number of H-pyrrole nitrogens is 1. The van der Waals surface area contributed by atoms with Crippen molar-refractivity contribution in [3.8, 4) is 0 Å². The van der Waals surface area contributed by atoms with E-state index in [0.717, 1.165) is 22.0 Å². The maximum atomic E-state index is 12.9. The van der Waals surface area contributed by atoms with Crippen LogP contribution in [0.5, 0.6) is 0 Å². The normalized spacial score (nSPS) is 12.9. The van der Waals surface area contributed by atoms with Crippen LogP contribution in [0.1, 0.15) is 42.4 Å². The highest BCUT2D eigenvalue weighted by atomic mass is 16.5. The molecule has 0 bridgehead atoms. The lowest BCUT2D eigenvalue weighted by Gasteiger charge is -2.33. The zero-order valence-corrected chi connectivity index (χ0v) is 18.9. The highest BCUT2D eigenvalue weighted by molar-refractivity contribution is 5.83. The summed E-state index contributed by atoms with van der Waals surface area (Å²) in [6.45, 7) is 9.99. The van der Waals surface area contributed by atoms with Crippen LogP contribution >= 0.6 is 0 Å². The molecule has 2 aromatic heterocycles. The molecule has 3 aromatic rings. The molecule has 2 heterocycles. The Labute approximate surface area is 182 Å². The van der Waals surface area contributed by atoms with Gasteiger partial charge in [-0.05, 0) is 53.5 Å². The minimum atomic E-state index is -0.173. The summed E-state index contributed by atoms with van der Waals surface area (Å²) in [6.07, 6.45) is 0. The second-order valence-electron chi connectivity index (χ2n) is 8.30. The van der Waals surface area contributed by atoms with Gasteiger partial charge in [-0.15, -0.1) is 5.10 Å². The van der Waals surface area contributed by atoms with E-state index in [2.05, 4.69) is 45.3 Å². The van der Waals surface area contributed by atoms with Gasteiger partial charge in [-0.2, -0.15) is 0 Å². The van der Waals surface area contributed by atoms with Crippen molar-refractivity contribution in [3.05, 3.63) is 51.1 Å². The van der Waals surface area contributed by atoms with Crippen molar-refractivity contribution >= 4 is 10.9 Å². The van der Waals surface area contributed by atoms with Crippen LogP contribution in [0.15, 0.2) is 23.0 Å². The molecular formula is C22H32N6O3. The predicted molar refractivity (Wildman–Crippen MR) is 119 cm³/mol. The lowest BCUT2D eigenvalue weighted by Crippen LogP contribution is -2.37. The molecule has 0 saturated heterocycles. The first-order valence-corrected chi connectivity index (χ1v) is 10.6. The fourth-order valence-corrected chi connectivity index (χ4v) is 4.14. The Morgan fingerprint density at radius 2 is 2.03 bits per heavy atom. The number of aliphatic hydroxyl groups is 1. The molecule has 31 heavy (non-hydrogen) atoms. The second kappa shape index (κ2) is 10.1. The summed E-state index contributed by atoms with van der Waals surface area (Å²) in [6, 6.07) is 5.88. The number of benzene rings is 1. The first kappa shape index (κ1) is 23.1. The number of aliphatic hydroxyl groups excluding tert-OH is 1. The van der Waals surface area contributed by atoms with Crippen LogP contribution in [0.4, 0.5) is 0 Å². The van der Waals surface area contributed by atoms with Crippen molar-refractivity contribution in [1.29, 1.82) is 0 Å². The SMILES string of the molecule is COCCn1nnnc1C(C(C)C)N(CCO)Cc1cc2c(C)cc(C)cc2[nH]c1=O. The van der Waals surface area contributed by atoms with Crippen LogP contribution in [0.3, 0.4) is 0 Å². The van der Waals surface area contributed by atoms with Gasteiger partial charge < -0.3 is 14.8 Å². The van der Waals surface area contributed by atoms with E-state index in [0.29, 0.717) is 37.6 Å². The number of methoxy groups -OCH3 is 1. The Kier molecular flexibility index (Phi) is 7.53. The van der Waals surface area contributed by atoms with Gasteiger partial charge in [0.25, 0.3) is 5.56 Å². The van der Waals surface area contributed by atoms with Crippen molar-refractivity contribution in [2.24, 2.45) is 5.92 Å². The van der Waals surface area contributed by atoms with Crippen LogP contribution in [0.2, 0.25) is 0 Å². The standard InChI is InChI=1S/C22H32N6O3/c1-14(2)20(21-24-25-26-28(21)7-9-31-5)27(6-8-29)13-17-12-18-16(4)10-15(3)11-19(18)23-22(17)30/h10-12,14,20,29H,6-9,13H2,1-5H3,(H,23,30). The van der Waals surface area contributed by atoms with Crippen LogP contribution in [0, 0.1) is 19.8 Å². The van der Waals surface area contributed by atoms with Crippen LogP contribution in [-0.4, -0.2) is 62.1 Å². The minimum absolute atomic E-state index is 0.0352. The van der Waals surface area contributed by atoms with Crippen molar-refractivity contribution in [3.63, 3.8) is 0 Å². The van der Waals surface area contributed by atoms with Crippen LogP contribution < -0.4 is 5.56 Å². The average molecular weight is 429 g/mol. The van der Waals surface area contributed by atoms with Gasteiger partial charge in [-0.3, -0.25) is 9.69 Å². The van der Waals surface area contributed by atoms with E-state index >= 15 is 0 Å². The topological polar surface area (TPSA) is 109 Å².